The molecular formula is C19H25N5O4. The molecule has 9 nitrogen and oxygen atoms in total. The number of benzene rings is 1. The van der Waals surface area contributed by atoms with Gasteiger partial charge in [-0.15, -0.1) is 0 Å². The number of aromatic nitrogens is 2. The van der Waals surface area contributed by atoms with Crippen LogP contribution < -0.4 is 24.4 Å². The maximum Gasteiger partial charge on any atom is 0.241 e. The van der Waals surface area contributed by atoms with Gasteiger partial charge in [0, 0.05) is 56.4 Å². The van der Waals surface area contributed by atoms with E-state index in [2.05, 4.69) is 20.2 Å². The minimum Gasteiger partial charge on any atom is -0.493 e. The van der Waals surface area contributed by atoms with Gasteiger partial charge in [-0.1, -0.05) is 0 Å². The first-order chi connectivity index (χ1) is 13.7. The van der Waals surface area contributed by atoms with Crippen LogP contribution in [0.2, 0.25) is 0 Å². The minimum absolute atomic E-state index is 0.0300. The van der Waals surface area contributed by atoms with Crippen molar-refractivity contribution in [1.82, 2.24) is 14.9 Å². The summed E-state index contributed by atoms with van der Waals surface area (Å²) in [6.07, 6.45) is 3.45. The first-order valence-electron chi connectivity index (χ1n) is 9.00. The Bertz CT molecular complexity index is 769. The molecule has 0 radical (unpaired) electrons. The van der Waals surface area contributed by atoms with Gasteiger partial charge in [0.2, 0.25) is 17.6 Å². The van der Waals surface area contributed by atoms with Crippen molar-refractivity contribution >= 4 is 17.5 Å². The van der Waals surface area contributed by atoms with Gasteiger partial charge in [-0.25, -0.2) is 9.97 Å². The Morgan fingerprint density at radius 1 is 1.00 bits per heavy atom. The number of rotatable bonds is 7. The SMILES string of the molecule is COc1cc(NCC(=O)N2CCN(c3ncccn3)CC2)cc(OC)c1OC. The molecule has 1 saturated heterocycles. The minimum atomic E-state index is 0.0300. The number of amides is 1. The van der Waals surface area contributed by atoms with Gasteiger partial charge in [0.05, 0.1) is 27.9 Å². The highest BCUT2D eigenvalue weighted by Crippen LogP contribution is 2.39. The third kappa shape index (κ3) is 4.36. The summed E-state index contributed by atoms with van der Waals surface area (Å²) in [5, 5.41) is 3.14. The van der Waals surface area contributed by atoms with Gasteiger partial charge in [0.15, 0.2) is 11.5 Å². The van der Waals surface area contributed by atoms with E-state index in [1.54, 1.807) is 51.9 Å². The van der Waals surface area contributed by atoms with Crippen molar-refractivity contribution in [2.45, 2.75) is 0 Å². The van der Waals surface area contributed by atoms with E-state index in [4.69, 9.17) is 14.2 Å². The molecule has 150 valence electrons. The van der Waals surface area contributed by atoms with E-state index in [0.29, 0.717) is 49.4 Å². The molecule has 2 aromatic rings. The van der Waals surface area contributed by atoms with Gasteiger partial charge < -0.3 is 29.3 Å². The Kier molecular flexibility index (Phi) is 6.36. The summed E-state index contributed by atoms with van der Waals surface area (Å²) in [6, 6.07) is 5.34. The Hall–Kier alpha value is -3.23. The van der Waals surface area contributed by atoms with Crippen LogP contribution in [0.5, 0.6) is 17.2 Å². The fourth-order valence-corrected chi connectivity index (χ4v) is 3.08. The number of nitrogens with one attached hydrogen (secondary N) is 1. The van der Waals surface area contributed by atoms with Gasteiger partial charge >= 0.3 is 0 Å². The van der Waals surface area contributed by atoms with Crippen LogP contribution in [0.25, 0.3) is 0 Å². The number of piperazine rings is 1. The second kappa shape index (κ2) is 9.12. The highest BCUT2D eigenvalue weighted by Gasteiger charge is 2.22. The zero-order valence-electron chi connectivity index (χ0n) is 16.3. The molecule has 1 aromatic heterocycles. The van der Waals surface area contributed by atoms with E-state index in [1.165, 1.54) is 0 Å². The lowest BCUT2D eigenvalue weighted by molar-refractivity contribution is -0.129. The van der Waals surface area contributed by atoms with E-state index in [-0.39, 0.29) is 12.5 Å². The maximum atomic E-state index is 12.6. The molecule has 1 aliphatic heterocycles. The molecule has 0 aliphatic carbocycles. The molecule has 1 fully saturated rings. The van der Waals surface area contributed by atoms with Gasteiger partial charge in [-0.3, -0.25) is 4.79 Å². The number of nitrogens with zero attached hydrogens (tertiary/aromatic N) is 4. The predicted octanol–water partition coefficient (Wildman–Crippen LogP) is 1.26. The Labute approximate surface area is 164 Å². The Balaban J connectivity index is 1.56. The molecule has 0 saturated carbocycles. The van der Waals surface area contributed by atoms with Gasteiger partial charge in [-0.05, 0) is 6.07 Å². The summed E-state index contributed by atoms with van der Waals surface area (Å²) in [4.78, 5) is 25.0. The van der Waals surface area contributed by atoms with Crippen molar-refractivity contribution in [3.05, 3.63) is 30.6 Å². The third-order valence-corrected chi connectivity index (χ3v) is 4.58. The number of anilines is 2. The lowest BCUT2D eigenvalue weighted by Gasteiger charge is -2.34. The number of hydrogen-bond acceptors (Lipinski definition) is 8. The molecule has 1 aliphatic rings. The van der Waals surface area contributed by atoms with Crippen molar-refractivity contribution in [3.8, 4) is 17.2 Å². The van der Waals surface area contributed by atoms with Crippen LogP contribution in [-0.4, -0.2) is 74.8 Å². The van der Waals surface area contributed by atoms with Crippen LogP contribution in [0, 0.1) is 0 Å². The average molecular weight is 387 g/mol. The van der Waals surface area contributed by atoms with E-state index in [9.17, 15) is 4.79 Å². The second-order valence-corrected chi connectivity index (χ2v) is 6.18. The first kappa shape index (κ1) is 19.5. The lowest BCUT2D eigenvalue weighted by atomic mass is 10.2. The standard InChI is InChI=1S/C19H25N5O4/c1-26-15-11-14(12-16(27-2)18(15)28-3)22-13-17(25)23-7-9-24(10-8-23)19-20-5-4-6-21-19/h4-6,11-12,22H,7-10,13H2,1-3H3. The molecule has 28 heavy (non-hydrogen) atoms. The lowest BCUT2D eigenvalue weighted by Crippen LogP contribution is -2.50. The summed E-state index contributed by atoms with van der Waals surface area (Å²) >= 11 is 0. The molecule has 0 spiro atoms. The van der Waals surface area contributed by atoms with Crippen LogP contribution in [0.3, 0.4) is 0 Å². The van der Waals surface area contributed by atoms with Crippen molar-refractivity contribution in [3.63, 3.8) is 0 Å². The average Bonchev–Trinajstić information content (AvgIpc) is 2.77. The summed E-state index contributed by atoms with van der Waals surface area (Å²) < 4.78 is 16.0. The van der Waals surface area contributed by atoms with Crippen LogP contribution in [0.4, 0.5) is 11.6 Å². The number of carbonyl (C=O) groups is 1. The third-order valence-electron chi connectivity index (χ3n) is 4.58. The number of ether oxygens (including phenoxy) is 3. The zero-order chi connectivity index (χ0) is 19.9. The summed E-state index contributed by atoms with van der Waals surface area (Å²) in [6.45, 7) is 2.86. The molecule has 0 bridgehead atoms. The van der Waals surface area contributed by atoms with Crippen LogP contribution in [-0.2, 0) is 4.79 Å². The molecule has 1 aromatic carbocycles. The van der Waals surface area contributed by atoms with Crippen LogP contribution >= 0.6 is 0 Å². The second-order valence-electron chi connectivity index (χ2n) is 6.18. The highest BCUT2D eigenvalue weighted by molar-refractivity contribution is 5.81. The van der Waals surface area contributed by atoms with Gasteiger partial charge in [0.25, 0.3) is 0 Å². The van der Waals surface area contributed by atoms with Crippen LogP contribution in [0.1, 0.15) is 0 Å². The summed E-state index contributed by atoms with van der Waals surface area (Å²) in [5.74, 6) is 2.32. The first-order valence-corrected chi connectivity index (χ1v) is 9.00. The quantitative estimate of drug-likeness (QED) is 0.760. The van der Waals surface area contributed by atoms with E-state index in [0.717, 1.165) is 5.69 Å². The summed E-state index contributed by atoms with van der Waals surface area (Å²) in [7, 11) is 4.67. The number of hydrogen-bond donors (Lipinski definition) is 1. The molecule has 2 heterocycles. The Morgan fingerprint density at radius 2 is 1.61 bits per heavy atom. The number of methoxy groups -OCH3 is 3. The Morgan fingerprint density at radius 3 is 2.14 bits per heavy atom. The largest absolute Gasteiger partial charge is 0.493 e. The normalized spacial score (nSPS) is 13.8. The van der Waals surface area contributed by atoms with Crippen molar-refractivity contribution in [2.75, 3.05) is 64.3 Å². The molecule has 9 heteroatoms. The van der Waals surface area contributed by atoms with Gasteiger partial charge in [-0.2, -0.15) is 0 Å². The molecular weight excluding hydrogens is 362 g/mol. The molecule has 0 atom stereocenters. The topological polar surface area (TPSA) is 89.1 Å². The van der Waals surface area contributed by atoms with Crippen LogP contribution in [0.15, 0.2) is 30.6 Å². The zero-order valence-corrected chi connectivity index (χ0v) is 16.3. The number of carbonyl (C=O) groups excluding carboxylic acids is 1. The van der Waals surface area contributed by atoms with Crippen molar-refractivity contribution in [2.24, 2.45) is 0 Å². The van der Waals surface area contributed by atoms with E-state index < -0.39 is 0 Å². The predicted molar refractivity (Wildman–Crippen MR) is 105 cm³/mol. The van der Waals surface area contributed by atoms with Crippen molar-refractivity contribution in [1.29, 1.82) is 0 Å². The smallest absolute Gasteiger partial charge is 0.241 e. The molecule has 0 unspecified atom stereocenters. The monoisotopic (exact) mass is 387 g/mol. The molecule has 1 amide bonds. The fraction of sp³-hybridized carbons (Fsp3) is 0.421. The van der Waals surface area contributed by atoms with Gasteiger partial charge in [0.1, 0.15) is 0 Å². The fourth-order valence-electron chi connectivity index (χ4n) is 3.08. The molecule has 1 N–H and O–H groups in total. The van der Waals surface area contributed by atoms with E-state index in [1.807, 2.05) is 4.90 Å². The summed E-state index contributed by atoms with van der Waals surface area (Å²) in [5.41, 5.74) is 0.721. The highest BCUT2D eigenvalue weighted by atomic mass is 16.5. The van der Waals surface area contributed by atoms with E-state index >= 15 is 0 Å². The molecule has 3 rings (SSSR count). The maximum absolute atomic E-state index is 12.6. The van der Waals surface area contributed by atoms with Crippen molar-refractivity contribution < 1.29 is 19.0 Å².